The molecule has 0 aliphatic rings. The van der Waals surface area contributed by atoms with E-state index in [1.807, 2.05) is 12.1 Å². The second-order valence-corrected chi connectivity index (χ2v) is 12.6. The van der Waals surface area contributed by atoms with Crippen molar-refractivity contribution in [3.63, 3.8) is 0 Å². The highest BCUT2D eigenvalue weighted by molar-refractivity contribution is 6.32. The molecule has 0 radical (unpaired) electrons. The molecule has 0 saturated carbocycles. The van der Waals surface area contributed by atoms with E-state index in [-0.39, 0.29) is 0 Å². The van der Waals surface area contributed by atoms with Crippen molar-refractivity contribution in [3.05, 3.63) is 158 Å². The zero-order valence-corrected chi connectivity index (χ0v) is 25.8. The maximum Gasteiger partial charge on any atom is 0.165 e. The molecule has 0 bridgehead atoms. The SMILES string of the molecule is c1ccc(-c2cc(-c3ccccc3)cc(-n3c4cccc5c6ccccc6n6c7nc8ccccc8nc7c7ccc3c(c54)c76)c2)cc1. The maximum absolute atomic E-state index is 5.27. The van der Waals surface area contributed by atoms with Crippen LogP contribution in [0, 0.1) is 0 Å². The molecule has 48 heavy (non-hydrogen) atoms. The van der Waals surface area contributed by atoms with Gasteiger partial charge >= 0.3 is 0 Å². The van der Waals surface area contributed by atoms with Gasteiger partial charge in [-0.2, -0.15) is 0 Å². The zero-order valence-electron chi connectivity index (χ0n) is 25.8. The third-order valence-electron chi connectivity index (χ3n) is 10.00. The summed E-state index contributed by atoms with van der Waals surface area (Å²) in [5.74, 6) is 0. The number of aromatic nitrogens is 4. The van der Waals surface area contributed by atoms with E-state index in [1.165, 1.54) is 49.3 Å². The van der Waals surface area contributed by atoms with Gasteiger partial charge in [-0.3, -0.25) is 4.40 Å². The van der Waals surface area contributed by atoms with Gasteiger partial charge in [0.1, 0.15) is 5.52 Å². The fourth-order valence-electron chi connectivity index (χ4n) is 7.96. The summed E-state index contributed by atoms with van der Waals surface area (Å²) < 4.78 is 4.82. The van der Waals surface area contributed by atoms with Crippen LogP contribution in [-0.2, 0) is 0 Å². The van der Waals surface area contributed by atoms with Gasteiger partial charge in [0.2, 0.25) is 0 Å². The molecule has 4 heteroatoms. The minimum atomic E-state index is 0.884. The van der Waals surface area contributed by atoms with Gasteiger partial charge in [-0.15, -0.1) is 0 Å². The zero-order chi connectivity index (χ0) is 31.3. The number of hydrogen-bond donors (Lipinski definition) is 0. The first-order valence-electron chi connectivity index (χ1n) is 16.3. The van der Waals surface area contributed by atoms with Crippen molar-refractivity contribution >= 4 is 71.2 Å². The highest BCUT2D eigenvalue weighted by Crippen LogP contribution is 2.45. The van der Waals surface area contributed by atoms with E-state index in [9.17, 15) is 0 Å². The summed E-state index contributed by atoms with van der Waals surface area (Å²) >= 11 is 0. The van der Waals surface area contributed by atoms with Crippen molar-refractivity contribution < 1.29 is 0 Å². The number of fused-ring (bicyclic) bond motifs is 7. The van der Waals surface area contributed by atoms with Gasteiger partial charge in [0.25, 0.3) is 0 Å². The standard InChI is InChI=1S/C44H26N4/c1-3-12-27(13-4-1)29-24-30(28-14-5-2-6-15-28)26-31(25-29)47-38-21-11-17-33-32-16-7-10-20-37(32)48-43-34(22-23-39(47)41(43)40(33)38)42-44(48)46-36-19-9-8-18-35(36)45-42/h1-26H. The Morgan fingerprint density at radius 3 is 1.75 bits per heavy atom. The Morgan fingerprint density at radius 2 is 1.00 bits per heavy atom. The monoisotopic (exact) mass is 610 g/mol. The van der Waals surface area contributed by atoms with E-state index >= 15 is 0 Å². The molecule has 11 rings (SSSR count). The molecule has 4 nitrogen and oxygen atoms in total. The van der Waals surface area contributed by atoms with Crippen LogP contribution in [0.2, 0.25) is 0 Å². The lowest BCUT2D eigenvalue weighted by Gasteiger charge is -2.14. The summed E-state index contributed by atoms with van der Waals surface area (Å²) in [6.07, 6.45) is 0. The number of para-hydroxylation sites is 3. The molecule has 11 aromatic rings. The summed E-state index contributed by atoms with van der Waals surface area (Å²) in [5, 5.41) is 6.01. The third-order valence-corrected chi connectivity index (χ3v) is 10.00. The van der Waals surface area contributed by atoms with Crippen LogP contribution in [0.1, 0.15) is 0 Å². The predicted molar refractivity (Wildman–Crippen MR) is 199 cm³/mol. The van der Waals surface area contributed by atoms with Crippen molar-refractivity contribution in [2.45, 2.75) is 0 Å². The topological polar surface area (TPSA) is 35.1 Å². The largest absolute Gasteiger partial charge is 0.309 e. The second-order valence-electron chi connectivity index (χ2n) is 12.6. The number of hydrogen-bond acceptors (Lipinski definition) is 2. The van der Waals surface area contributed by atoms with Crippen LogP contribution < -0.4 is 0 Å². The minimum absolute atomic E-state index is 0.884. The van der Waals surface area contributed by atoms with E-state index < -0.39 is 0 Å². The van der Waals surface area contributed by atoms with Gasteiger partial charge < -0.3 is 4.57 Å². The van der Waals surface area contributed by atoms with E-state index in [0.29, 0.717) is 0 Å². The van der Waals surface area contributed by atoms with Crippen LogP contribution >= 0.6 is 0 Å². The first-order valence-corrected chi connectivity index (χ1v) is 16.3. The lowest BCUT2D eigenvalue weighted by atomic mass is 9.98. The first kappa shape index (κ1) is 25.6. The molecule has 0 saturated heterocycles. The molecule has 0 aliphatic heterocycles. The Bertz CT molecular complexity index is 2990. The van der Waals surface area contributed by atoms with Gasteiger partial charge in [-0.25, -0.2) is 9.97 Å². The highest BCUT2D eigenvalue weighted by atomic mass is 15.0. The maximum atomic E-state index is 5.27. The quantitative estimate of drug-likeness (QED) is 0.199. The average molecular weight is 611 g/mol. The van der Waals surface area contributed by atoms with Crippen LogP contribution in [0.4, 0.5) is 0 Å². The summed E-state index contributed by atoms with van der Waals surface area (Å²) in [6, 6.07) is 56.6. The predicted octanol–water partition coefficient (Wildman–Crippen LogP) is 11.2. The van der Waals surface area contributed by atoms with Crippen LogP contribution in [0.25, 0.3) is 99.1 Å². The summed E-state index contributed by atoms with van der Waals surface area (Å²) in [7, 11) is 0. The van der Waals surface area contributed by atoms with Crippen LogP contribution in [0.5, 0.6) is 0 Å². The van der Waals surface area contributed by atoms with Gasteiger partial charge in [-0.05, 0) is 82.2 Å². The van der Waals surface area contributed by atoms with E-state index in [4.69, 9.17) is 9.97 Å². The Morgan fingerprint density at radius 1 is 0.396 bits per heavy atom. The molecule has 0 N–H and O–H groups in total. The highest BCUT2D eigenvalue weighted by Gasteiger charge is 2.24. The Kier molecular flexibility index (Phi) is 5.08. The van der Waals surface area contributed by atoms with Crippen molar-refractivity contribution in [2.24, 2.45) is 0 Å². The molecule has 0 fully saturated rings. The number of nitrogens with zero attached hydrogens (tertiary/aromatic N) is 4. The first-order chi connectivity index (χ1) is 23.8. The van der Waals surface area contributed by atoms with Crippen LogP contribution in [0.15, 0.2) is 158 Å². The van der Waals surface area contributed by atoms with Crippen LogP contribution in [-0.4, -0.2) is 18.9 Å². The Labute approximate surface area is 275 Å². The van der Waals surface area contributed by atoms with Crippen molar-refractivity contribution in [1.29, 1.82) is 0 Å². The molecule has 0 atom stereocenters. The number of benzene rings is 7. The third kappa shape index (κ3) is 3.43. The minimum Gasteiger partial charge on any atom is -0.309 e. The van der Waals surface area contributed by atoms with Gasteiger partial charge in [0, 0.05) is 27.2 Å². The Hall–Kier alpha value is -6.52. The smallest absolute Gasteiger partial charge is 0.165 e. The van der Waals surface area contributed by atoms with E-state index in [0.717, 1.165) is 49.8 Å². The molecule has 7 aromatic carbocycles. The Balaban J connectivity index is 1.35. The van der Waals surface area contributed by atoms with Gasteiger partial charge in [0.05, 0.1) is 33.1 Å². The molecule has 0 aliphatic carbocycles. The summed E-state index contributed by atoms with van der Waals surface area (Å²) in [4.78, 5) is 10.5. The van der Waals surface area contributed by atoms with Gasteiger partial charge in [-0.1, -0.05) is 103 Å². The lowest BCUT2D eigenvalue weighted by Crippen LogP contribution is -1.96. The molecule has 0 spiro atoms. The molecule has 222 valence electrons. The molecule has 0 amide bonds. The molecular weight excluding hydrogens is 585 g/mol. The fourth-order valence-corrected chi connectivity index (χ4v) is 7.96. The average Bonchev–Trinajstić information content (AvgIpc) is 3.62. The van der Waals surface area contributed by atoms with Crippen molar-refractivity contribution in [2.75, 3.05) is 0 Å². The summed E-state index contributed by atoms with van der Waals surface area (Å²) in [5.41, 5.74) is 14.1. The fraction of sp³-hybridized carbons (Fsp3) is 0. The van der Waals surface area contributed by atoms with E-state index in [1.54, 1.807) is 0 Å². The normalized spacial score (nSPS) is 12.2. The molecule has 0 unspecified atom stereocenters. The van der Waals surface area contributed by atoms with Gasteiger partial charge in [0.15, 0.2) is 5.65 Å². The molecule has 4 heterocycles. The molecular formula is C44H26N4. The van der Waals surface area contributed by atoms with E-state index in [2.05, 4.69) is 155 Å². The van der Waals surface area contributed by atoms with Crippen LogP contribution in [0.3, 0.4) is 0 Å². The lowest BCUT2D eigenvalue weighted by molar-refractivity contribution is 1.18. The summed E-state index contributed by atoms with van der Waals surface area (Å²) in [6.45, 7) is 0. The van der Waals surface area contributed by atoms with Crippen molar-refractivity contribution in [1.82, 2.24) is 18.9 Å². The second kappa shape index (κ2) is 9.50. The molecule has 4 aromatic heterocycles. The number of rotatable bonds is 3. The van der Waals surface area contributed by atoms with Crippen molar-refractivity contribution in [3.8, 4) is 27.9 Å².